The number of methoxy groups -OCH3 is 1. The maximum absolute atomic E-state index is 12.2. The third-order valence-corrected chi connectivity index (χ3v) is 4.12. The summed E-state index contributed by atoms with van der Waals surface area (Å²) in [4.78, 5) is 14.1. The summed E-state index contributed by atoms with van der Waals surface area (Å²) in [6, 6.07) is 11.4. The van der Waals surface area contributed by atoms with Crippen LogP contribution in [0.1, 0.15) is 16.7 Å². The number of carbonyl (C=O) groups is 1. The highest BCUT2D eigenvalue weighted by molar-refractivity contribution is 6.30. The first-order valence-electron chi connectivity index (χ1n) is 7.77. The first-order valence-corrected chi connectivity index (χ1v) is 8.15. The van der Waals surface area contributed by atoms with Crippen molar-refractivity contribution in [1.82, 2.24) is 4.90 Å². The van der Waals surface area contributed by atoms with Gasteiger partial charge in [0.05, 0.1) is 13.7 Å². The molecule has 2 rings (SSSR count). The van der Waals surface area contributed by atoms with Crippen LogP contribution in [0.2, 0.25) is 5.02 Å². The molecule has 2 aromatic rings. The lowest BCUT2D eigenvalue weighted by Crippen LogP contribution is -2.30. The van der Waals surface area contributed by atoms with E-state index in [0.29, 0.717) is 11.6 Å². The Kier molecular flexibility index (Phi) is 6.23. The lowest BCUT2D eigenvalue weighted by molar-refractivity contribution is -0.117. The van der Waals surface area contributed by atoms with Crippen LogP contribution < -0.4 is 10.1 Å². The van der Waals surface area contributed by atoms with Crippen LogP contribution in [-0.2, 0) is 11.3 Å². The molecule has 0 radical (unpaired) electrons. The van der Waals surface area contributed by atoms with E-state index in [1.54, 1.807) is 13.2 Å². The first kappa shape index (κ1) is 18.3. The molecule has 0 spiro atoms. The van der Waals surface area contributed by atoms with Crippen molar-refractivity contribution in [2.45, 2.75) is 20.4 Å². The summed E-state index contributed by atoms with van der Waals surface area (Å²) < 4.78 is 5.34. The fourth-order valence-corrected chi connectivity index (χ4v) is 2.68. The number of halogens is 1. The highest BCUT2D eigenvalue weighted by atomic mass is 35.5. The topological polar surface area (TPSA) is 41.6 Å². The maximum atomic E-state index is 12.2. The number of rotatable bonds is 6. The highest BCUT2D eigenvalue weighted by Gasteiger charge is 2.11. The lowest BCUT2D eigenvalue weighted by atomic mass is 10.1. The first-order chi connectivity index (χ1) is 11.4. The summed E-state index contributed by atoms with van der Waals surface area (Å²) in [7, 11) is 3.51. The normalized spacial score (nSPS) is 10.8. The molecule has 1 N–H and O–H groups in total. The summed E-state index contributed by atoms with van der Waals surface area (Å²) in [5.41, 5.74) is 4.13. The average Bonchev–Trinajstić information content (AvgIpc) is 2.51. The number of nitrogens with one attached hydrogen (secondary N) is 1. The minimum absolute atomic E-state index is 0.0539. The van der Waals surface area contributed by atoms with Crippen molar-refractivity contribution in [3.8, 4) is 5.75 Å². The molecule has 0 atom stereocenters. The third kappa shape index (κ3) is 4.98. The number of benzene rings is 2. The summed E-state index contributed by atoms with van der Waals surface area (Å²) in [5, 5.41) is 3.58. The predicted molar refractivity (Wildman–Crippen MR) is 98.9 cm³/mol. The van der Waals surface area contributed by atoms with Gasteiger partial charge in [0.15, 0.2) is 0 Å². The van der Waals surface area contributed by atoms with Crippen LogP contribution in [0.15, 0.2) is 36.4 Å². The zero-order valence-corrected chi connectivity index (χ0v) is 15.3. The van der Waals surface area contributed by atoms with Crippen molar-refractivity contribution < 1.29 is 9.53 Å². The molecule has 2 aromatic carbocycles. The molecular formula is C19H23ClN2O2. The molecule has 5 heteroatoms. The van der Waals surface area contributed by atoms with E-state index < -0.39 is 0 Å². The van der Waals surface area contributed by atoms with Crippen LogP contribution >= 0.6 is 11.6 Å². The predicted octanol–water partition coefficient (Wildman–Crippen LogP) is 4.04. The van der Waals surface area contributed by atoms with Gasteiger partial charge >= 0.3 is 0 Å². The van der Waals surface area contributed by atoms with Crippen molar-refractivity contribution in [2.75, 3.05) is 26.0 Å². The van der Waals surface area contributed by atoms with E-state index >= 15 is 0 Å². The van der Waals surface area contributed by atoms with E-state index in [9.17, 15) is 4.79 Å². The number of nitrogens with zero attached hydrogens (tertiary/aromatic N) is 1. The molecule has 0 saturated heterocycles. The maximum Gasteiger partial charge on any atom is 0.238 e. The molecule has 0 aliphatic heterocycles. The number of likely N-dealkylation sites (N-methyl/N-ethyl adjacent to an activating group) is 1. The van der Waals surface area contributed by atoms with Crippen molar-refractivity contribution in [1.29, 1.82) is 0 Å². The monoisotopic (exact) mass is 346 g/mol. The van der Waals surface area contributed by atoms with Crippen LogP contribution in [-0.4, -0.2) is 31.5 Å². The summed E-state index contributed by atoms with van der Waals surface area (Å²) >= 11 is 6.04. The zero-order chi connectivity index (χ0) is 17.7. The number of hydrogen-bond donors (Lipinski definition) is 1. The fourth-order valence-electron chi connectivity index (χ4n) is 2.48. The van der Waals surface area contributed by atoms with E-state index in [0.717, 1.165) is 22.6 Å². The SMILES string of the molecule is COc1ccc(Cl)cc1CN(C)CC(=O)Nc1ccc(C)c(C)c1. The van der Waals surface area contributed by atoms with Crippen molar-refractivity contribution >= 4 is 23.2 Å². The average molecular weight is 347 g/mol. The molecule has 1 amide bonds. The molecular weight excluding hydrogens is 324 g/mol. The van der Waals surface area contributed by atoms with Crippen molar-refractivity contribution in [2.24, 2.45) is 0 Å². The molecule has 0 bridgehead atoms. The molecule has 0 heterocycles. The van der Waals surface area contributed by atoms with Gasteiger partial charge in [0.25, 0.3) is 0 Å². The van der Waals surface area contributed by atoms with E-state index in [-0.39, 0.29) is 12.5 Å². The molecule has 0 aliphatic rings. The molecule has 0 unspecified atom stereocenters. The fraction of sp³-hybridized carbons (Fsp3) is 0.316. The largest absolute Gasteiger partial charge is 0.496 e. The van der Waals surface area contributed by atoms with E-state index in [1.165, 1.54) is 5.56 Å². The Morgan fingerprint density at radius 3 is 2.58 bits per heavy atom. The molecule has 0 aromatic heterocycles. The van der Waals surface area contributed by atoms with Gasteiger partial charge in [-0.3, -0.25) is 9.69 Å². The summed E-state index contributed by atoms with van der Waals surface area (Å²) in [6.45, 7) is 4.93. The Hall–Kier alpha value is -2.04. The van der Waals surface area contributed by atoms with Crippen LogP contribution in [0.3, 0.4) is 0 Å². The van der Waals surface area contributed by atoms with E-state index in [1.807, 2.05) is 56.1 Å². The Balaban J connectivity index is 1.96. The van der Waals surface area contributed by atoms with E-state index in [2.05, 4.69) is 5.32 Å². The Morgan fingerprint density at radius 1 is 1.17 bits per heavy atom. The Bertz CT molecular complexity index is 731. The highest BCUT2D eigenvalue weighted by Crippen LogP contribution is 2.23. The minimum atomic E-state index is -0.0539. The van der Waals surface area contributed by atoms with Gasteiger partial charge in [0.2, 0.25) is 5.91 Å². The smallest absolute Gasteiger partial charge is 0.238 e. The van der Waals surface area contributed by atoms with Gasteiger partial charge in [0, 0.05) is 22.8 Å². The molecule has 0 saturated carbocycles. The minimum Gasteiger partial charge on any atom is -0.496 e. The summed E-state index contributed by atoms with van der Waals surface area (Å²) in [6.07, 6.45) is 0. The quantitative estimate of drug-likeness (QED) is 0.858. The van der Waals surface area contributed by atoms with Gasteiger partial charge in [-0.05, 0) is 62.4 Å². The van der Waals surface area contributed by atoms with Gasteiger partial charge in [-0.15, -0.1) is 0 Å². The van der Waals surface area contributed by atoms with E-state index in [4.69, 9.17) is 16.3 Å². The van der Waals surface area contributed by atoms with Gasteiger partial charge in [0.1, 0.15) is 5.75 Å². The number of aryl methyl sites for hydroxylation is 2. The Morgan fingerprint density at radius 2 is 1.92 bits per heavy atom. The van der Waals surface area contributed by atoms with Crippen molar-refractivity contribution in [3.63, 3.8) is 0 Å². The number of hydrogen-bond acceptors (Lipinski definition) is 3. The van der Waals surface area contributed by atoms with Crippen LogP contribution in [0.4, 0.5) is 5.69 Å². The zero-order valence-electron chi connectivity index (χ0n) is 14.5. The number of anilines is 1. The number of carbonyl (C=O) groups excluding carboxylic acids is 1. The molecule has 0 fully saturated rings. The third-order valence-electron chi connectivity index (χ3n) is 3.89. The van der Waals surface area contributed by atoms with Crippen LogP contribution in [0.5, 0.6) is 5.75 Å². The molecule has 24 heavy (non-hydrogen) atoms. The van der Waals surface area contributed by atoms with Crippen LogP contribution in [0, 0.1) is 13.8 Å². The van der Waals surface area contributed by atoms with Gasteiger partial charge < -0.3 is 10.1 Å². The standard InChI is InChI=1S/C19H23ClN2O2/c1-13-5-7-17(9-14(13)2)21-19(23)12-22(3)11-15-10-16(20)6-8-18(15)24-4/h5-10H,11-12H2,1-4H3,(H,21,23). The summed E-state index contributed by atoms with van der Waals surface area (Å²) in [5.74, 6) is 0.711. The molecule has 0 aliphatic carbocycles. The van der Waals surface area contributed by atoms with Gasteiger partial charge in [-0.2, -0.15) is 0 Å². The van der Waals surface area contributed by atoms with Gasteiger partial charge in [-0.1, -0.05) is 17.7 Å². The Labute approximate surface area is 148 Å². The molecule has 4 nitrogen and oxygen atoms in total. The second kappa shape index (κ2) is 8.18. The second-order valence-corrected chi connectivity index (χ2v) is 6.41. The number of ether oxygens (including phenoxy) is 1. The van der Waals surface area contributed by atoms with Crippen LogP contribution in [0.25, 0.3) is 0 Å². The van der Waals surface area contributed by atoms with Gasteiger partial charge in [-0.25, -0.2) is 0 Å². The number of amides is 1. The second-order valence-electron chi connectivity index (χ2n) is 5.98. The molecule has 128 valence electrons. The lowest BCUT2D eigenvalue weighted by Gasteiger charge is -2.18. The van der Waals surface area contributed by atoms with Crippen molar-refractivity contribution in [3.05, 3.63) is 58.1 Å².